The van der Waals surface area contributed by atoms with Crippen LogP contribution in [0.5, 0.6) is 0 Å². The number of amidine groups is 1. The van der Waals surface area contributed by atoms with Crippen LogP contribution in [0.2, 0.25) is 0 Å². The van der Waals surface area contributed by atoms with E-state index in [2.05, 4.69) is 26.4 Å². The summed E-state index contributed by atoms with van der Waals surface area (Å²) in [4.78, 5) is 11.6. The van der Waals surface area contributed by atoms with Crippen LogP contribution in [0.1, 0.15) is 6.92 Å². The first-order valence-electron chi connectivity index (χ1n) is 4.69. The van der Waals surface area contributed by atoms with E-state index in [0.29, 0.717) is 10.2 Å². The van der Waals surface area contributed by atoms with Crippen molar-refractivity contribution in [3.63, 3.8) is 0 Å². The second-order valence-corrected chi connectivity index (χ2v) is 4.22. The standard InChI is InChI=1S/C10H11BrFN3O2/c1-5(9(13)15-17)10(16)14-6-2-3-7(11)8(12)4-6/h2-5,17H,1H3,(H2,13,15)(H,14,16). The van der Waals surface area contributed by atoms with Gasteiger partial charge in [0.05, 0.1) is 10.4 Å². The third-order valence-electron chi connectivity index (χ3n) is 2.14. The Bertz CT molecular complexity index is 465. The molecule has 1 aromatic rings. The van der Waals surface area contributed by atoms with Crippen LogP contribution in [0, 0.1) is 11.7 Å². The van der Waals surface area contributed by atoms with E-state index in [9.17, 15) is 9.18 Å². The van der Waals surface area contributed by atoms with Gasteiger partial charge in [-0.25, -0.2) is 4.39 Å². The van der Waals surface area contributed by atoms with Crippen molar-refractivity contribution in [1.29, 1.82) is 0 Å². The molecule has 92 valence electrons. The Labute approximate surface area is 106 Å². The predicted molar refractivity (Wildman–Crippen MR) is 65.3 cm³/mol. The number of halogens is 2. The van der Waals surface area contributed by atoms with Crippen LogP contribution >= 0.6 is 15.9 Å². The van der Waals surface area contributed by atoms with E-state index in [1.165, 1.54) is 25.1 Å². The largest absolute Gasteiger partial charge is 0.409 e. The molecular formula is C10H11BrFN3O2. The van der Waals surface area contributed by atoms with E-state index < -0.39 is 17.6 Å². The zero-order valence-electron chi connectivity index (χ0n) is 8.95. The van der Waals surface area contributed by atoms with Crippen LogP contribution in [0.3, 0.4) is 0 Å². The average Bonchev–Trinajstić information content (AvgIpc) is 2.31. The lowest BCUT2D eigenvalue weighted by atomic mass is 10.1. The summed E-state index contributed by atoms with van der Waals surface area (Å²) in [6, 6.07) is 4.17. The van der Waals surface area contributed by atoms with Crippen LogP contribution in [-0.2, 0) is 4.79 Å². The molecule has 0 aliphatic carbocycles. The molecule has 0 radical (unpaired) electrons. The van der Waals surface area contributed by atoms with Crippen molar-refractivity contribution in [3.8, 4) is 0 Å². The van der Waals surface area contributed by atoms with Crippen LogP contribution in [-0.4, -0.2) is 17.0 Å². The molecule has 0 aliphatic heterocycles. The maximum atomic E-state index is 13.2. The average molecular weight is 304 g/mol. The molecule has 1 unspecified atom stereocenters. The minimum atomic E-state index is -0.799. The molecule has 5 nitrogen and oxygen atoms in total. The van der Waals surface area contributed by atoms with Crippen molar-refractivity contribution in [2.45, 2.75) is 6.92 Å². The van der Waals surface area contributed by atoms with Crippen molar-refractivity contribution < 1.29 is 14.4 Å². The van der Waals surface area contributed by atoms with Crippen LogP contribution in [0.4, 0.5) is 10.1 Å². The van der Waals surface area contributed by atoms with E-state index in [4.69, 9.17) is 10.9 Å². The molecule has 7 heteroatoms. The number of amides is 1. The highest BCUT2D eigenvalue weighted by Crippen LogP contribution is 2.19. The molecule has 0 saturated carbocycles. The Balaban J connectivity index is 2.78. The summed E-state index contributed by atoms with van der Waals surface area (Å²) in [5, 5.41) is 13.6. The molecule has 4 N–H and O–H groups in total. The van der Waals surface area contributed by atoms with Gasteiger partial charge >= 0.3 is 0 Å². The summed E-state index contributed by atoms with van der Waals surface area (Å²) >= 11 is 3.00. The molecule has 1 amide bonds. The molecule has 1 rings (SSSR count). The zero-order chi connectivity index (χ0) is 13.0. The van der Waals surface area contributed by atoms with Gasteiger partial charge in [0.25, 0.3) is 0 Å². The number of nitrogens with zero attached hydrogens (tertiary/aromatic N) is 1. The van der Waals surface area contributed by atoms with Crippen molar-refractivity contribution in [1.82, 2.24) is 0 Å². The molecule has 0 aliphatic rings. The molecular weight excluding hydrogens is 293 g/mol. The molecule has 0 fully saturated rings. The van der Waals surface area contributed by atoms with Gasteiger partial charge in [0.1, 0.15) is 5.82 Å². The molecule has 0 aromatic heterocycles. The van der Waals surface area contributed by atoms with E-state index in [-0.39, 0.29) is 5.84 Å². The van der Waals surface area contributed by atoms with Gasteiger partial charge in [-0.2, -0.15) is 0 Å². The fourth-order valence-electron chi connectivity index (χ4n) is 1.05. The summed E-state index contributed by atoms with van der Waals surface area (Å²) < 4.78 is 13.5. The van der Waals surface area contributed by atoms with Crippen molar-refractivity contribution in [2.75, 3.05) is 5.32 Å². The number of carbonyl (C=O) groups is 1. The first-order valence-corrected chi connectivity index (χ1v) is 5.48. The minimum Gasteiger partial charge on any atom is -0.409 e. The van der Waals surface area contributed by atoms with Gasteiger partial charge < -0.3 is 16.3 Å². The quantitative estimate of drug-likeness (QED) is 0.345. The Kier molecular flexibility index (Phi) is 4.45. The van der Waals surface area contributed by atoms with Gasteiger partial charge in [-0.1, -0.05) is 5.16 Å². The van der Waals surface area contributed by atoms with Gasteiger partial charge in [0.15, 0.2) is 5.84 Å². The lowest BCUT2D eigenvalue weighted by Crippen LogP contribution is -2.32. The van der Waals surface area contributed by atoms with Crippen LogP contribution in [0.25, 0.3) is 0 Å². The van der Waals surface area contributed by atoms with E-state index >= 15 is 0 Å². The van der Waals surface area contributed by atoms with Crippen LogP contribution in [0.15, 0.2) is 27.8 Å². The number of benzene rings is 1. The summed E-state index contributed by atoms with van der Waals surface area (Å²) in [6.45, 7) is 1.47. The molecule has 1 atom stereocenters. The number of nitrogens with two attached hydrogens (primary N) is 1. The number of carbonyl (C=O) groups excluding carboxylic acids is 1. The number of rotatable bonds is 3. The maximum absolute atomic E-state index is 13.2. The van der Waals surface area contributed by atoms with Crippen molar-refractivity contribution in [3.05, 3.63) is 28.5 Å². The second kappa shape index (κ2) is 5.62. The zero-order valence-corrected chi connectivity index (χ0v) is 10.5. The first-order chi connectivity index (χ1) is 7.95. The minimum absolute atomic E-state index is 0.208. The Hall–Kier alpha value is -1.63. The Morgan fingerprint density at radius 2 is 2.29 bits per heavy atom. The van der Waals surface area contributed by atoms with Gasteiger partial charge in [-0.05, 0) is 41.1 Å². The van der Waals surface area contributed by atoms with Gasteiger partial charge in [0, 0.05) is 5.69 Å². The fourth-order valence-corrected chi connectivity index (χ4v) is 1.29. The van der Waals surface area contributed by atoms with Crippen LogP contribution < -0.4 is 11.1 Å². The maximum Gasteiger partial charge on any atom is 0.234 e. The number of oxime groups is 1. The molecule has 0 heterocycles. The van der Waals surface area contributed by atoms with E-state index in [1.54, 1.807) is 0 Å². The molecule has 0 bridgehead atoms. The lowest BCUT2D eigenvalue weighted by molar-refractivity contribution is -0.117. The smallest absolute Gasteiger partial charge is 0.234 e. The van der Waals surface area contributed by atoms with E-state index in [0.717, 1.165) is 0 Å². The fraction of sp³-hybridized carbons (Fsp3) is 0.200. The predicted octanol–water partition coefficient (Wildman–Crippen LogP) is 1.91. The summed E-state index contributed by atoms with van der Waals surface area (Å²) in [7, 11) is 0. The SMILES string of the molecule is CC(C(=O)Nc1ccc(Br)c(F)c1)C(N)=NO. The number of hydrogen-bond donors (Lipinski definition) is 3. The molecule has 17 heavy (non-hydrogen) atoms. The van der Waals surface area contributed by atoms with Gasteiger partial charge in [0.2, 0.25) is 5.91 Å². The number of anilines is 1. The summed E-state index contributed by atoms with van der Waals surface area (Å²) in [5.41, 5.74) is 5.58. The third-order valence-corrected chi connectivity index (χ3v) is 2.78. The van der Waals surface area contributed by atoms with Gasteiger partial charge in [-0.15, -0.1) is 0 Å². The van der Waals surface area contributed by atoms with Gasteiger partial charge in [-0.3, -0.25) is 4.79 Å². The molecule has 0 spiro atoms. The van der Waals surface area contributed by atoms with E-state index in [1.807, 2.05) is 0 Å². The third kappa shape index (κ3) is 3.42. The van der Waals surface area contributed by atoms with Crippen molar-refractivity contribution in [2.24, 2.45) is 16.8 Å². The number of nitrogens with one attached hydrogen (secondary N) is 1. The lowest BCUT2D eigenvalue weighted by Gasteiger charge is -2.10. The summed E-state index contributed by atoms with van der Waals surface area (Å²) in [6.07, 6.45) is 0. The Morgan fingerprint density at radius 3 is 2.82 bits per heavy atom. The Morgan fingerprint density at radius 1 is 1.65 bits per heavy atom. The topological polar surface area (TPSA) is 87.7 Å². The highest BCUT2D eigenvalue weighted by atomic mass is 79.9. The molecule has 0 saturated heterocycles. The monoisotopic (exact) mass is 303 g/mol. The van der Waals surface area contributed by atoms with Crippen molar-refractivity contribution >= 4 is 33.4 Å². The highest BCUT2D eigenvalue weighted by molar-refractivity contribution is 9.10. The highest BCUT2D eigenvalue weighted by Gasteiger charge is 2.17. The second-order valence-electron chi connectivity index (χ2n) is 3.36. The number of hydrogen-bond acceptors (Lipinski definition) is 3. The summed E-state index contributed by atoms with van der Waals surface area (Å²) in [5.74, 6) is -1.98. The molecule has 1 aromatic carbocycles. The first kappa shape index (κ1) is 13.4. The normalized spacial score (nSPS) is 13.2.